The average Bonchev–Trinajstić information content (AvgIpc) is 3.25. The fourth-order valence-corrected chi connectivity index (χ4v) is 3.97. The van der Waals surface area contributed by atoms with Crippen LogP contribution in [-0.2, 0) is 11.3 Å². The number of carbonyl (C=O) groups excluding carboxylic acids is 1. The monoisotopic (exact) mass is 373 g/mol. The first-order valence-electron chi connectivity index (χ1n) is 9.23. The molecule has 0 bridgehead atoms. The highest BCUT2D eigenvalue weighted by Crippen LogP contribution is 2.27. The second kappa shape index (κ2) is 8.68. The lowest BCUT2D eigenvalue weighted by molar-refractivity contribution is -0.120. The maximum atomic E-state index is 12.3. The van der Waals surface area contributed by atoms with Crippen molar-refractivity contribution in [2.75, 3.05) is 13.1 Å². The van der Waals surface area contributed by atoms with Crippen LogP contribution in [0.1, 0.15) is 39.4 Å². The van der Waals surface area contributed by atoms with E-state index in [1.807, 2.05) is 39.0 Å². The highest BCUT2D eigenvalue weighted by molar-refractivity contribution is 8.00. The number of likely N-dealkylation sites (tertiary alicyclic amines) is 1. The lowest BCUT2D eigenvalue weighted by atomic mass is 10.3. The molecule has 1 unspecified atom stereocenters. The van der Waals surface area contributed by atoms with Crippen LogP contribution in [-0.4, -0.2) is 50.0 Å². The van der Waals surface area contributed by atoms with Crippen LogP contribution in [0.4, 0.5) is 0 Å². The molecule has 1 fully saturated rings. The van der Waals surface area contributed by atoms with E-state index in [1.165, 1.54) is 24.6 Å². The fraction of sp³-hybridized carbons (Fsp3) is 0.526. The van der Waals surface area contributed by atoms with Gasteiger partial charge in [0.15, 0.2) is 11.0 Å². The van der Waals surface area contributed by atoms with E-state index in [0.717, 1.165) is 36.3 Å². The molecule has 1 saturated heterocycles. The van der Waals surface area contributed by atoms with E-state index >= 15 is 0 Å². The Bertz CT molecular complexity index is 725. The van der Waals surface area contributed by atoms with Gasteiger partial charge in [0.2, 0.25) is 5.91 Å². The number of benzene rings is 1. The molecule has 26 heavy (non-hydrogen) atoms. The molecule has 1 aromatic heterocycles. The summed E-state index contributed by atoms with van der Waals surface area (Å²) in [5, 5.41) is 12.3. The van der Waals surface area contributed by atoms with Gasteiger partial charge in [-0.15, -0.1) is 10.2 Å². The molecule has 7 heteroatoms. The molecule has 0 saturated carbocycles. The van der Waals surface area contributed by atoms with Crippen molar-refractivity contribution in [1.82, 2.24) is 25.0 Å². The standard InChI is InChI=1S/C19H27N5OS/c1-14(2)20-18(25)15(3)26-19-22-21-17(13-23-11-7-8-12-23)24(19)16-9-5-4-6-10-16/h4-6,9-10,14-15H,7-8,11-13H2,1-3H3,(H,20,25). The van der Waals surface area contributed by atoms with Gasteiger partial charge in [-0.05, 0) is 58.8 Å². The highest BCUT2D eigenvalue weighted by atomic mass is 32.2. The van der Waals surface area contributed by atoms with E-state index in [-0.39, 0.29) is 17.2 Å². The largest absolute Gasteiger partial charge is 0.353 e. The van der Waals surface area contributed by atoms with Gasteiger partial charge in [0.25, 0.3) is 0 Å². The minimum absolute atomic E-state index is 0.0219. The molecule has 0 radical (unpaired) electrons. The first-order valence-corrected chi connectivity index (χ1v) is 10.1. The third-order valence-electron chi connectivity index (χ3n) is 4.36. The molecular formula is C19H27N5OS. The number of rotatable bonds is 7. The van der Waals surface area contributed by atoms with Crippen LogP contribution in [0, 0.1) is 0 Å². The molecule has 2 aromatic rings. The Kier molecular flexibility index (Phi) is 6.32. The van der Waals surface area contributed by atoms with E-state index in [0.29, 0.717) is 0 Å². The number of hydrogen-bond acceptors (Lipinski definition) is 5. The topological polar surface area (TPSA) is 63.1 Å². The Labute approximate surface area is 159 Å². The van der Waals surface area contributed by atoms with Gasteiger partial charge >= 0.3 is 0 Å². The SMILES string of the molecule is CC(C)NC(=O)C(C)Sc1nnc(CN2CCCC2)n1-c1ccccc1. The second-order valence-corrected chi connectivity index (χ2v) is 8.28. The number of carbonyl (C=O) groups is 1. The molecule has 2 heterocycles. The zero-order valence-corrected chi connectivity index (χ0v) is 16.5. The normalized spacial score (nSPS) is 16.2. The summed E-state index contributed by atoms with van der Waals surface area (Å²) < 4.78 is 2.09. The molecule has 1 atom stereocenters. The van der Waals surface area contributed by atoms with Crippen LogP contribution >= 0.6 is 11.8 Å². The lowest BCUT2D eigenvalue weighted by Crippen LogP contribution is -2.36. The summed E-state index contributed by atoms with van der Waals surface area (Å²) in [6.45, 7) is 8.85. The van der Waals surface area contributed by atoms with Gasteiger partial charge in [-0.25, -0.2) is 0 Å². The molecule has 6 nitrogen and oxygen atoms in total. The molecule has 0 aliphatic carbocycles. The molecule has 1 N–H and O–H groups in total. The van der Waals surface area contributed by atoms with Crippen molar-refractivity contribution < 1.29 is 4.79 Å². The van der Waals surface area contributed by atoms with E-state index in [2.05, 4.69) is 37.1 Å². The smallest absolute Gasteiger partial charge is 0.233 e. The Morgan fingerprint density at radius 3 is 2.50 bits per heavy atom. The van der Waals surface area contributed by atoms with Crippen molar-refractivity contribution in [2.24, 2.45) is 0 Å². The van der Waals surface area contributed by atoms with Gasteiger partial charge in [0.1, 0.15) is 0 Å². The number of aromatic nitrogens is 3. The van der Waals surface area contributed by atoms with Gasteiger partial charge in [-0.3, -0.25) is 14.3 Å². The third-order valence-corrected chi connectivity index (χ3v) is 5.40. The number of hydrogen-bond donors (Lipinski definition) is 1. The Morgan fingerprint density at radius 1 is 1.15 bits per heavy atom. The Morgan fingerprint density at radius 2 is 1.85 bits per heavy atom. The summed E-state index contributed by atoms with van der Waals surface area (Å²) in [7, 11) is 0. The summed E-state index contributed by atoms with van der Waals surface area (Å²) in [6, 6.07) is 10.3. The minimum Gasteiger partial charge on any atom is -0.353 e. The van der Waals surface area contributed by atoms with Crippen LogP contribution < -0.4 is 5.32 Å². The summed E-state index contributed by atoms with van der Waals surface area (Å²) in [6.07, 6.45) is 2.49. The van der Waals surface area contributed by atoms with Crippen molar-refractivity contribution in [3.63, 3.8) is 0 Å². The number of thioether (sulfide) groups is 1. The highest BCUT2D eigenvalue weighted by Gasteiger charge is 2.23. The predicted octanol–water partition coefficient (Wildman–Crippen LogP) is 2.87. The molecule has 0 spiro atoms. The van der Waals surface area contributed by atoms with Crippen molar-refractivity contribution in [3.05, 3.63) is 36.2 Å². The molecule has 140 valence electrons. The third kappa shape index (κ3) is 4.65. The van der Waals surface area contributed by atoms with Crippen LogP contribution in [0.2, 0.25) is 0 Å². The van der Waals surface area contributed by atoms with Gasteiger partial charge in [-0.2, -0.15) is 0 Å². The van der Waals surface area contributed by atoms with Gasteiger partial charge in [-0.1, -0.05) is 30.0 Å². The molecule has 1 amide bonds. The first-order chi connectivity index (χ1) is 12.5. The summed E-state index contributed by atoms with van der Waals surface area (Å²) >= 11 is 1.45. The van der Waals surface area contributed by atoms with Crippen LogP contribution in [0.5, 0.6) is 0 Å². The predicted molar refractivity (Wildman–Crippen MR) is 104 cm³/mol. The maximum Gasteiger partial charge on any atom is 0.233 e. The van der Waals surface area contributed by atoms with Gasteiger partial charge in [0.05, 0.1) is 11.8 Å². The summed E-state index contributed by atoms with van der Waals surface area (Å²) in [5.41, 5.74) is 1.03. The van der Waals surface area contributed by atoms with E-state index in [9.17, 15) is 4.79 Å². The van der Waals surface area contributed by atoms with Crippen molar-refractivity contribution in [1.29, 1.82) is 0 Å². The number of nitrogens with zero attached hydrogens (tertiary/aromatic N) is 4. The number of nitrogens with one attached hydrogen (secondary N) is 1. The lowest BCUT2D eigenvalue weighted by Gasteiger charge is -2.17. The van der Waals surface area contributed by atoms with Crippen molar-refractivity contribution in [2.45, 2.75) is 56.6 Å². The van der Waals surface area contributed by atoms with E-state index in [1.54, 1.807) is 0 Å². The molecule has 1 aliphatic rings. The fourth-order valence-electron chi connectivity index (χ4n) is 3.07. The molecular weight excluding hydrogens is 346 g/mol. The van der Waals surface area contributed by atoms with E-state index < -0.39 is 0 Å². The molecule has 1 aromatic carbocycles. The Hall–Kier alpha value is -1.86. The quantitative estimate of drug-likeness (QED) is 0.756. The maximum absolute atomic E-state index is 12.3. The summed E-state index contributed by atoms with van der Waals surface area (Å²) in [5.74, 6) is 0.950. The van der Waals surface area contributed by atoms with Crippen molar-refractivity contribution >= 4 is 17.7 Å². The van der Waals surface area contributed by atoms with Crippen LogP contribution in [0.15, 0.2) is 35.5 Å². The van der Waals surface area contributed by atoms with Gasteiger partial charge in [0, 0.05) is 11.7 Å². The minimum atomic E-state index is -0.233. The number of para-hydroxylation sites is 1. The zero-order chi connectivity index (χ0) is 18.5. The van der Waals surface area contributed by atoms with Crippen LogP contribution in [0.3, 0.4) is 0 Å². The van der Waals surface area contributed by atoms with Gasteiger partial charge < -0.3 is 5.32 Å². The molecule has 1 aliphatic heterocycles. The molecule has 3 rings (SSSR count). The average molecular weight is 374 g/mol. The number of amides is 1. The summed E-state index contributed by atoms with van der Waals surface area (Å²) in [4.78, 5) is 14.7. The van der Waals surface area contributed by atoms with Crippen LogP contribution in [0.25, 0.3) is 5.69 Å². The second-order valence-electron chi connectivity index (χ2n) is 6.98. The zero-order valence-electron chi connectivity index (χ0n) is 15.7. The first kappa shape index (κ1) is 18.9. The van der Waals surface area contributed by atoms with E-state index in [4.69, 9.17) is 0 Å². The van der Waals surface area contributed by atoms with Crippen molar-refractivity contribution in [3.8, 4) is 5.69 Å². The Balaban J connectivity index is 1.84.